The van der Waals surface area contributed by atoms with Crippen LogP contribution in [-0.2, 0) is 6.42 Å². The van der Waals surface area contributed by atoms with Gasteiger partial charge in [-0.3, -0.25) is 4.98 Å². The van der Waals surface area contributed by atoms with Crippen molar-refractivity contribution in [3.63, 3.8) is 0 Å². The molecular weight excluding hydrogens is 320 g/mol. The number of nitrogens with one attached hydrogen (secondary N) is 1. The summed E-state index contributed by atoms with van der Waals surface area (Å²) in [4.78, 5) is 4.63. The third-order valence-electron chi connectivity index (χ3n) is 3.78. The summed E-state index contributed by atoms with van der Waals surface area (Å²) in [5, 5.41) is 5.89. The molecule has 2 unspecified atom stereocenters. The fraction of sp³-hybridized carbons (Fsp3) is 0.400. The first-order chi connectivity index (χ1) is 9.29. The van der Waals surface area contributed by atoms with E-state index in [1.807, 2.05) is 12.3 Å². The van der Waals surface area contributed by atoms with Gasteiger partial charge in [0.05, 0.1) is 3.79 Å². The maximum Gasteiger partial charge on any atom is 0.0701 e. The highest BCUT2D eigenvalue weighted by Gasteiger charge is 2.31. The average Bonchev–Trinajstić information content (AvgIpc) is 3.03. The van der Waals surface area contributed by atoms with Crippen molar-refractivity contribution in [1.82, 2.24) is 10.3 Å². The maximum atomic E-state index is 4.63. The van der Waals surface area contributed by atoms with Crippen LogP contribution in [0.5, 0.6) is 0 Å². The van der Waals surface area contributed by atoms with Gasteiger partial charge in [0.15, 0.2) is 0 Å². The van der Waals surface area contributed by atoms with Crippen LogP contribution in [0, 0.1) is 0 Å². The Morgan fingerprint density at radius 3 is 3.21 bits per heavy atom. The van der Waals surface area contributed by atoms with Gasteiger partial charge in [-0.2, -0.15) is 0 Å². The van der Waals surface area contributed by atoms with E-state index < -0.39 is 0 Å². The van der Waals surface area contributed by atoms with E-state index in [-0.39, 0.29) is 0 Å². The molecule has 0 fully saturated rings. The number of aromatic nitrogens is 1. The summed E-state index contributed by atoms with van der Waals surface area (Å²) in [7, 11) is 0. The van der Waals surface area contributed by atoms with Gasteiger partial charge in [-0.1, -0.05) is 13.0 Å². The monoisotopic (exact) mass is 336 g/mol. The van der Waals surface area contributed by atoms with Crippen molar-refractivity contribution >= 4 is 27.3 Å². The lowest BCUT2D eigenvalue weighted by Crippen LogP contribution is -2.26. The number of hydrogen-bond acceptors (Lipinski definition) is 3. The fourth-order valence-electron chi connectivity index (χ4n) is 2.97. The van der Waals surface area contributed by atoms with E-state index >= 15 is 0 Å². The first kappa shape index (κ1) is 13.3. The molecule has 0 amide bonds. The van der Waals surface area contributed by atoms with Crippen molar-refractivity contribution in [1.29, 1.82) is 0 Å². The summed E-state index contributed by atoms with van der Waals surface area (Å²) < 4.78 is 1.20. The van der Waals surface area contributed by atoms with Crippen molar-refractivity contribution in [2.24, 2.45) is 0 Å². The van der Waals surface area contributed by atoms with E-state index in [0.29, 0.717) is 12.0 Å². The molecule has 3 rings (SSSR count). The highest BCUT2D eigenvalue weighted by molar-refractivity contribution is 9.11. The van der Waals surface area contributed by atoms with Gasteiger partial charge < -0.3 is 5.32 Å². The van der Waals surface area contributed by atoms with Crippen molar-refractivity contribution in [3.05, 3.63) is 50.4 Å². The number of hydrogen-bond donors (Lipinski definition) is 1. The van der Waals surface area contributed by atoms with E-state index in [2.05, 4.69) is 50.7 Å². The van der Waals surface area contributed by atoms with Crippen LogP contribution in [0.2, 0.25) is 0 Å². The highest BCUT2D eigenvalue weighted by Crippen LogP contribution is 2.41. The molecule has 0 radical (unpaired) electrons. The molecule has 0 spiro atoms. The van der Waals surface area contributed by atoms with Gasteiger partial charge in [-0.05, 0) is 64.0 Å². The Bertz CT molecular complexity index is 567. The lowest BCUT2D eigenvalue weighted by atomic mass is 9.92. The summed E-state index contributed by atoms with van der Waals surface area (Å²) in [5.41, 5.74) is 4.09. The summed E-state index contributed by atoms with van der Waals surface area (Å²) in [6.07, 6.45) is 4.27. The molecule has 1 aliphatic carbocycles. The molecule has 2 aromatic heterocycles. The van der Waals surface area contributed by atoms with Gasteiger partial charge in [-0.25, -0.2) is 0 Å². The van der Waals surface area contributed by atoms with Crippen LogP contribution < -0.4 is 5.32 Å². The molecule has 0 saturated heterocycles. The topological polar surface area (TPSA) is 24.9 Å². The predicted octanol–water partition coefficient (Wildman–Crippen LogP) is 4.29. The standard InChI is InChI=1S/C15H17BrN2S/c1-2-17-15(11-8-13(16)19-9-11)12-6-5-10-4-3-7-18-14(10)12/h3-4,7-9,12,15,17H,2,5-6H2,1H3. The molecule has 0 saturated carbocycles. The highest BCUT2D eigenvalue weighted by atomic mass is 79.9. The summed E-state index contributed by atoms with van der Waals surface area (Å²) in [5.74, 6) is 0.498. The number of pyridine rings is 1. The zero-order chi connectivity index (χ0) is 13.2. The Balaban J connectivity index is 1.94. The van der Waals surface area contributed by atoms with Crippen molar-refractivity contribution in [3.8, 4) is 0 Å². The number of rotatable bonds is 4. The Labute approximate surface area is 126 Å². The summed E-state index contributed by atoms with van der Waals surface area (Å²) in [6.45, 7) is 3.15. The molecule has 100 valence electrons. The van der Waals surface area contributed by atoms with E-state index in [1.54, 1.807) is 11.3 Å². The minimum absolute atomic E-state index is 0.378. The Morgan fingerprint density at radius 2 is 2.47 bits per heavy atom. The molecule has 0 bridgehead atoms. The number of nitrogens with zero attached hydrogens (tertiary/aromatic N) is 1. The van der Waals surface area contributed by atoms with E-state index in [0.717, 1.165) is 13.0 Å². The molecule has 2 aromatic rings. The van der Waals surface area contributed by atoms with Gasteiger partial charge in [0.1, 0.15) is 0 Å². The number of aryl methyl sites for hydroxylation is 1. The van der Waals surface area contributed by atoms with Crippen molar-refractivity contribution in [2.45, 2.75) is 31.7 Å². The van der Waals surface area contributed by atoms with Crippen LogP contribution in [0.3, 0.4) is 0 Å². The van der Waals surface area contributed by atoms with Crippen LogP contribution >= 0.6 is 27.3 Å². The quantitative estimate of drug-likeness (QED) is 0.900. The number of thiophene rings is 1. The smallest absolute Gasteiger partial charge is 0.0701 e. The Kier molecular flexibility index (Phi) is 4.01. The fourth-order valence-corrected chi connectivity index (χ4v) is 4.18. The Hall–Kier alpha value is -0.710. The van der Waals surface area contributed by atoms with Gasteiger partial charge in [0, 0.05) is 23.9 Å². The zero-order valence-electron chi connectivity index (χ0n) is 10.9. The van der Waals surface area contributed by atoms with Gasteiger partial charge >= 0.3 is 0 Å². The third-order valence-corrected chi connectivity index (χ3v) is 5.30. The van der Waals surface area contributed by atoms with E-state index in [9.17, 15) is 0 Å². The first-order valence-electron chi connectivity index (χ1n) is 6.70. The lowest BCUT2D eigenvalue weighted by Gasteiger charge is -2.24. The largest absolute Gasteiger partial charge is 0.310 e. The molecule has 4 heteroatoms. The zero-order valence-corrected chi connectivity index (χ0v) is 13.3. The van der Waals surface area contributed by atoms with Crippen LogP contribution in [0.25, 0.3) is 0 Å². The van der Waals surface area contributed by atoms with Crippen LogP contribution in [0.4, 0.5) is 0 Å². The number of fused-ring (bicyclic) bond motifs is 1. The molecule has 2 atom stereocenters. The molecule has 1 aliphatic rings. The SMILES string of the molecule is CCNC(c1csc(Br)c1)C1CCc2cccnc21. The molecule has 19 heavy (non-hydrogen) atoms. The Morgan fingerprint density at radius 1 is 1.58 bits per heavy atom. The van der Waals surface area contributed by atoms with Crippen molar-refractivity contribution < 1.29 is 0 Å². The van der Waals surface area contributed by atoms with Crippen molar-refractivity contribution in [2.75, 3.05) is 6.54 Å². The maximum absolute atomic E-state index is 4.63. The van der Waals surface area contributed by atoms with Gasteiger partial charge in [-0.15, -0.1) is 11.3 Å². The second-order valence-electron chi connectivity index (χ2n) is 4.91. The minimum atomic E-state index is 0.378. The lowest BCUT2D eigenvalue weighted by molar-refractivity contribution is 0.448. The van der Waals surface area contributed by atoms with Gasteiger partial charge in [0.25, 0.3) is 0 Å². The second-order valence-corrected chi connectivity index (χ2v) is 7.20. The van der Waals surface area contributed by atoms with Gasteiger partial charge in [0.2, 0.25) is 0 Å². The molecule has 2 heterocycles. The normalized spacial score (nSPS) is 19.4. The van der Waals surface area contributed by atoms with Crippen LogP contribution in [0.1, 0.15) is 42.1 Å². The predicted molar refractivity (Wildman–Crippen MR) is 83.7 cm³/mol. The first-order valence-corrected chi connectivity index (χ1v) is 8.38. The third kappa shape index (κ3) is 2.62. The van der Waals surface area contributed by atoms with E-state index in [4.69, 9.17) is 0 Å². The molecule has 0 aromatic carbocycles. The summed E-state index contributed by atoms with van der Waals surface area (Å²) in [6, 6.07) is 6.88. The second kappa shape index (κ2) is 5.73. The van der Waals surface area contributed by atoms with Crippen LogP contribution in [-0.4, -0.2) is 11.5 Å². The molecule has 0 aliphatic heterocycles. The molecular formula is C15H17BrN2S. The molecule has 1 N–H and O–H groups in total. The molecule has 2 nitrogen and oxygen atoms in total. The number of likely N-dealkylation sites (N-methyl/N-ethyl adjacent to an activating group) is 1. The minimum Gasteiger partial charge on any atom is -0.310 e. The van der Waals surface area contributed by atoms with E-state index in [1.165, 1.54) is 27.0 Å². The number of halogens is 1. The average molecular weight is 337 g/mol. The van der Waals surface area contributed by atoms with Crippen LogP contribution in [0.15, 0.2) is 33.6 Å². The summed E-state index contributed by atoms with van der Waals surface area (Å²) >= 11 is 5.32.